The molecule has 0 saturated heterocycles. The van der Waals surface area contributed by atoms with Crippen LogP contribution in [-0.2, 0) is 6.18 Å². The molecule has 0 unspecified atom stereocenters. The summed E-state index contributed by atoms with van der Waals surface area (Å²) in [5.41, 5.74) is 1.19. The van der Waals surface area contributed by atoms with Gasteiger partial charge in [-0.1, -0.05) is 18.0 Å². The number of nitrogens with one attached hydrogen (secondary N) is 1. The van der Waals surface area contributed by atoms with E-state index < -0.39 is 11.7 Å². The van der Waals surface area contributed by atoms with Crippen molar-refractivity contribution >= 4 is 16.6 Å². The van der Waals surface area contributed by atoms with Crippen LogP contribution in [0.15, 0.2) is 47.1 Å². The molecule has 2 aromatic heterocycles. The molecule has 5 rings (SSSR count). The summed E-state index contributed by atoms with van der Waals surface area (Å²) in [5, 5.41) is 12.0. The number of hydrogen-bond donors (Lipinski definition) is 1. The number of aromatic nitrogens is 4. The summed E-state index contributed by atoms with van der Waals surface area (Å²) in [4.78, 5) is 4.33. The van der Waals surface area contributed by atoms with Gasteiger partial charge < -0.3 is 9.84 Å². The molecule has 160 valence electrons. The van der Waals surface area contributed by atoms with Crippen LogP contribution in [-0.4, -0.2) is 27.0 Å². The molecule has 0 atom stereocenters. The second kappa shape index (κ2) is 7.40. The first-order valence-electron chi connectivity index (χ1n) is 10.1. The highest BCUT2D eigenvalue weighted by Gasteiger charge is 2.34. The molecule has 1 fully saturated rings. The highest BCUT2D eigenvalue weighted by atomic mass is 19.4. The van der Waals surface area contributed by atoms with Crippen molar-refractivity contribution in [1.29, 1.82) is 0 Å². The van der Waals surface area contributed by atoms with Crippen molar-refractivity contribution in [2.75, 3.05) is 12.4 Å². The molecule has 1 N–H and O–H groups in total. The van der Waals surface area contributed by atoms with Crippen molar-refractivity contribution in [3.63, 3.8) is 0 Å². The third kappa shape index (κ3) is 3.54. The van der Waals surface area contributed by atoms with Gasteiger partial charge in [-0.15, -0.1) is 0 Å². The molecule has 4 aromatic rings. The van der Waals surface area contributed by atoms with Crippen LogP contribution in [0.1, 0.15) is 37.3 Å². The number of alkyl halides is 3. The Labute approximate surface area is 176 Å². The van der Waals surface area contributed by atoms with E-state index in [1.165, 1.54) is 32.0 Å². The summed E-state index contributed by atoms with van der Waals surface area (Å²) in [7, 11) is 1.45. The molecule has 2 heterocycles. The van der Waals surface area contributed by atoms with Crippen molar-refractivity contribution in [1.82, 2.24) is 19.9 Å². The maximum absolute atomic E-state index is 13.4. The maximum Gasteiger partial charge on any atom is 0.418 e. The Morgan fingerprint density at radius 1 is 1.06 bits per heavy atom. The van der Waals surface area contributed by atoms with E-state index in [1.54, 1.807) is 0 Å². The van der Waals surface area contributed by atoms with E-state index in [0.717, 1.165) is 29.8 Å². The fourth-order valence-corrected chi connectivity index (χ4v) is 4.22. The van der Waals surface area contributed by atoms with Gasteiger partial charge in [-0.05, 0) is 49.2 Å². The topological polar surface area (TPSA) is 68.8 Å². The molecular formula is C22H20F3N5O. The molecule has 31 heavy (non-hydrogen) atoms. The average molecular weight is 427 g/mol. The van der Waals surface area contributed by atoms with Crippen LogP contribution in [0.2, 0.25) is 0 Å². The molecule has 0 radical (unpaired) electrons. The lowest BCUT2D eigenvalue weighted by Gasteiger charge is -2.13. The number of anilines is 1. The Morgan fingerprint density at radius 2 is 1.84 bits per heavy atom. The van der Waals surface area contributed by atoms with E-state index in [9.17, 15) is 13.2 Å². The van der Waals surface area contributed by atoms with Gasteiger partial charge in [-0.25, -0.2) is 0 Å². The Morgan fingerprint density at radius 3 is 2.58 bits per heavy atom. The monoisotopic (exact) mass is 427 g/mol. The van der Waals surface area contributed by atoms with Crippen molar-refractivity contribution in [2.45, 2.75) is 37.9 Å². The second-order valence-corrected chi connectivity index (χ2v) is 7.73. The molecular weight excluding hydrogens is 407 g/mol. The van der Waals surface area contributed by atoms with Gasteiger partial charge in [0.05, 0.1) is 23.3 Å². The quantitative estimate of drug-likeness (QED) is 0.437. The van der Waals surface area contributed by atoms with E-state index in [2.05, 4.69) is 25.2 Å². The van der Waals surface area contributed by atoms with E-state index in [0.29, 0.717) is 11.6 Å². The Bertz CT molecular complexity index is 1240. The van der Waals surface area contributed by atoms with Gasteiger partial charge in [-0.2, -0.15) is 23.3 Å². The lowest BCUT2D eigenvalue weighted by Crippen LogP contribution is -2.09. The number of benzene rings is 2. The van der Waals surface area contributed by atoms with Crippen LogP contribution in [0, 0.1) is 0 Å². The number of nitrogens with zero attached hydrogens (tertiary/aromatic N) is 4. The first-order chi connectivity index (χ1) is 14.9. The molecule has 1 aliphatic carbocycles. The predicted octanol–water partition coefficient (Wildman–Crippen LogP) is 5.93. The van der Waals surface area contributed by atoms with Crippen LogP contribution in [0.25, 0.3) is 33.7 Å². The van der Waals surface area contributed by atoms with Crippen molar-refractivity contribution in [2.24, 2.45) is 0 Å². The van der Waals surface area contributed by atoms with Gasteiger partial charge >= 0.3 is 6.18 Å². The Hall–Kier alpha value is -3.36. The van der Waals surface area contributed by atoms with Gasteiger partial charge in [0, 0.05) is 29.2 Å². The van der Waals surface area contributed by atoms with E-state index in [4.69, 9.17) is 4.52 Å². The number of halogens is 3. The van der Waals surface area contributed by atoms with Crippen molar-refractivity contribution < 1.29 is 17.7 Å². The average Bonchev–Trinajstić information content (AvgIpc) is 3.52. The van der Waals surface area contributed by atoms with Gasteiger partial charge in [-0.3, -0.25) is 4.68 Å². The standard InChI is InChI=1S/C22H20F3N5O/c1-26-18-8-6-13(11-17(18)22(23,24)25)20-28-21(31-29-20)14-7-9-19-15(10-14)12-27-30(19)16-4-2-3-5-16/h6-12,16,26H,2-5H2,1H3. The zero-order chi connectivity index (χ0) is 21.6. The van der Waals surface area contributed by atoms with Crippen LogP contribution in [0.5, 0.6) is 0 Å². The maximum atomic E-state index is 13.4. The van der Waals surface area contributed by atoms with Crippen LogP contribution in [0.3, 0.4) is 0 Å². The third-order valence-corrected chi connectivity index (χ3v) is 5.79. The SMILES string of the molecule is CNc1ccc(-c2noc(-c3ccc4c(cnn4C4CCCC4)c3)n2)cc1C(F)(F)F. The van der Waals surface area contributed by atoms with Crippen LogP contribution >= 0.6 is 0 Å². The van der Waals surface area contributed by atoms with Crippen molar-refractivity contribution in [3.8, 4) is 22.8 Å². The number of hydrogen-bond acceptors (Lipinski definition) is 5. The molecule has 2 aromatic carbocycles. The lowest BCUT2D eigenvalue weighted by molar-refractivity contribution is -0.136. The highest BCUT2D eigenvalue weighted by molar-refractivity contribution is 5.83. The van der Waals surface area contributed by atoms with E-state index >= 15 is 0 Å². The molecule has 0 amide bonds. The molecule has 1 aliphatic rings. The zero-order valence-corrected chi connectivity index (χ0v) is 16.8. The Kier molecular flexibility index (Phi) is 4.68. The minimum absolute atomic E-state index is 0.00954. The minimum atomic E-state index is -4.49. The first kappa shape index (κ1) is 19.6. The van der Waals surface area contributed by atoms with Gasteiger partial charge in [0.1, 0.15) is 0 Å². The molecule has 9 heteroatoms. The zero-order valence-electron chi connectivity index (χ0n) is 16.8. The first-order valence-corrected chi connectivity index (χ1v) is 10.1. The van der Waals surface area contributed by atoms with Crippen LogP contribution in [0.4, 0.5) is 18.9 Å². The fraction of sp³-hybridized carbons (Fsp3) is 0.318. The summed E-state index contributed by atoms with van der Waals surface area (Å²) in [5.74, 6) is 0.349. The van der Waals surface area contributed by atoms with Gasteiger partial charge in [0.15, 0.2) is 0 Å². The summed E-state index contributed by atoms with van der Waals surface area (Å²) in [6.07, 6.45) is 2.04. The molecule has 0 spiro atoms. The summed E-state index contributed by atoms with van der Waals surface area (Å²) in [6, 6.07) is 10.1. The van der Waals surface area contributed by atoms with Gasteiger partial charge in [0.25, 0.3) is 5.89 Å². The lowest BCUT2D eigenvalue weighted by atomic mass is 10.1. The van der Waals surface area contributed by atoms with E-state index in [-0.39, 0.29) is 23.0 Å². The third-order valence-electron chi connectivity index (χ3n) is 5.79. The molecule has 6 nitrogen and oxygen atoms in total. The largest absolute Gasteiger partial charge is 0.418 e. The summed E-state index contributed by atoms with van der Waals surface area (Å²) >= 11 is 0. The summed E-state index contributed by atoms with van der Waals surface area (Å²) < 4.78 is 47.5. The smallest absolute Gasteiger partial charge is 0.388 e. The fourth-order valence-electron chi connectivity index (χ4n) is 4.22. The second-order valence-electron chi connectivity index (χ2n) is 7.73. The predicted molar refractivity (Wildman–Crippen MR) is 111 cm³/mol. The molecule has 0 bridgehead atoms. The number of rotatable bonds is 4. The minimum Gasteiger partial charge on any atom is -0.388 e. The normalized spacial score (nSPS) is 15.1. The van der Waals surface area contributed by atoms with E-state index in [1.807, 2.05) is 24.4 Å². The highest BCUT2D eigenvalue weighted by Crippen LogP contribution is 2.37. The summed E-state index contributed by atoms with van der Waals surface area (Å²) in [6.45, 7) is 0. The Balaban J connectivity index is 1.47. The number of fused-ring (bicyclic) bond motifs is 1. The molecule has 0 aliphatic heterocycles. The van der Waals surface area contributed by atoms with Crippen molar-refractivity contribution in [3.05, 3.63) is 48.2 Å². The van der Waals surface area contributed by atoms with Gasteiger partial charge in [0.2, 0.25) is 5.82 Å². The van der Waals surface area contributed by atoms with Crippen LogP contribution < -0.4 is 5.32 Å². The molecule has 1 saturated carbocycles.